The molecular weight excluding hydrogens is 374 g/mol. The van der Waals surface area contributed by atoms with E-state index in [1.807, 2.05) is 12.1 Å². The van der Waals surface area contributed by atoms with Crippen molar-refractivity contribution in [1.29, 1.82) is 0 Å². The first-order chi connectivity index (χ1) is 14.6. The molecule has 0 radical (unpaired) electrons. The standard InChI is InChI=1S/C25H31N3O2/c1-4-13-27-14-11-25(12-15-27)28-23(21-16-18(2)5-10-24(21)30-25)17-22(26-28)19-6-8-20(29-3)9-7-19/h5-10,16,23H,4,11-15,17H2,1-3H3/p+1/t23-/m1/s1. The number of methoxy groups -OCH3 is 1. The Morgan fingerprint density at radius 1 is 1.17 bits per heavy atom. The van der Waals surface area contributed by atoms with Crippen molar-refractivity contribution < 1.29 is 14.4 Å². The van der Waals surface area contributed by atoms with Crippen LogP contribution in [-0.2, 0) is 0 Å². The first-order valence-corrected chi connectivity index (χ1v) is 11.3. The van der Waals surface area contributed by atoms with Crippen LogP contribution in [0.5, 0.6) is 11.5 Å². The lowest BCUT2D eigenvalue weighted by molar-refractivity contribution is -0.908. The lowest BCUT2D eigenvalue weighted by Crippen LogP contribution is -3.14. The number of hydrogen-bond acceptors (Lipinski definition) is 4. The maximum Gasteiger partial charge on any atom is 0.208 e. The van der Waals surface area contributed by atoms with Crippen molar-refractivity contribution in [2.24, 2.45) is 5.10 Å². The number of piperidine rings is 1. The van der Waals surface area contributed by atoms with E-state index in [-0.39, 0.29) is 11.8 Å². The number of aryl methyl sites for hydroxylation is 1. The molecule has 1 fully saturated rings. The van der Waals surface area contributed by atoms with E-state index < -0.39 is 0 Å². The summed E-state index contributed by atoms with van der Waals surface area (Å²) >= 11 is 0. The average molecular weight is 407 g/mol. The van der Waals surface area contributed by atoms with Crippen molar-refractivity contribution in [2.45, 2.75) is 51.3 Å². The third kappa shape index (κ3) is 3.25. The first-order valence-electron chi connectivity index (χ1n) is 11.3. The molecule has 1 atom stereocenters. The number of likely N-dealkylation sites (tertiary alicyclic amines) is 1. The van der Waals surface area contributed by atoms with E-state index in [1.165, 1.54) is 29.7 Å². The van der Waals surface area contributed by atoms with Crippen LogP contribution in [0.25, 0.3) is 0 Å². The molecule has 0 bridgehead atoms. The van der Waals surface area contributed by atoms with E-state index in [4.69, 9.17) is 14.6 Å². The van der Waals surface area contributed by atoms with E-state index in [1.54, 1.807) is 12.0 Å². The number of ether oxygens (including phenoxy) is 2. The highest BCUT2D eigenvalue weighted by Crippen LogP contribution is 2.49. The predicted octanol–water partition coefficient (Wildman–Crippen LogP) is 3.33. The summed E-state index contributed by atoms with van der Waals surface area (Å²) in [7, 11) is 1.70. The quantitative estimate of drug-likeness (QED) is 0.847. The Balaban J connectivity index is 1.51. The van der Waals surface area contributed by atoms with Crippen LogP contribution >= 0.6 is 0 Å². The van der Waals surface area contributed by atoms with Crippen LogP contribution in [0.15, 0.2) is 47.6 Å². The summed E-state index contributed by atoms with van der Waals surface area (Å²) in [6, 6.07) is 15.1. The van der Waals surface area contributed by atoms with Gasteiger partial charge in [0.2, 0.25) is 5.72 Å². The van der Waals surface area contributed by atoms with Crippen LogP contribution < -0.4 is 14.4 Å². The Labute approximate surface area is 179 Å². The molecule has 3 heterocycles. The van der Waals surface area contributed by atoms with Crippen LogP contribution in [0.4, 0.5) is 0 Å². The van der Waals surface area contributed by atoms with E-state index >= 15 is 0 Å². The zero-order valence-electron chi connectivity index (χ0n) is 18.3. The van der Waals surface area contributed by atoms with Gasteiger partial charge in [0.15, 0.2) is 0 Å². The molecular formula is C25H32N3O2+. The largest absolute Gasteiger partial charge is 0.497 e. The van der Waals surface area contributed by atoms with Gasteiger partial charge in [-0.3, -0.25) is 0 Å². The smallest absolute Gasteiger partial charge is 0.208 e. The van der Waals surface area contributed by atoms with Gasteiger partial charge in [-0.25, -0.2) is 5.01 Å². The highest BCUT2D eigenvalue weighted by molar-refractivity contribution is 6.02. The molecule has 2 aromatic rings. The van der Waals surface area contributed by atoms with Crippen molar-refractivity contribution in [3.05, 3.63) is 59.2 Å². The highest BCUT2D eigenvalue weighted by atomic mass is 16.5. The van der Waals surface area contributed by atoms with Gasteiger partial charge in [0.25, 0.3) is 0 Å². The Morgan fingerprint density at radius 2 is 1.93 bits per heavy atom. The maximum absolute atomic E-state index is 6.76. The van der Waals surface area contributed by atoms with Gasteiger partial charge in [0.05, 0.1) is 51.3 Å². The number of benzene rings is 2. The number of rotatable bonds is 4. The summed E-state index contributed by atoms with van der Waals surface area (Å²) < 4.78 is 12.1. The molecule has 0 saturated carbocycles. The van der Waals surface area contributed by atoms with Gasteiger partial charge in [0.1, 0.15) is 11.5 Å². The number of nitrogens with zero attached hydrogens (tertiary/aromatic N) is 2. The normalized spacial score (nSPS) is 27.3. The summed E-state index contributed by atoms with van der Waals surface area (Å²) in [5.41, 5.74) is 4.54. The minimum atomic E-state index is -0.321. The van der Waals surface area contributed by atoms with Gasteiger partial charge in [-0.15, -0.1) is 0 Å². The SMILES string of the molecule is CCC[NH+]1CCC2(CC1)Oc1ccc(C)cc1[C@H]1CC(c3ccc(OC)cc3)=NN12. The fourth-order valence-electron chi connectivity index (χ4n) is 5.29. The van der Waals surface area contributed by atoms with Crippen LogP contribution in [0.1, 0.15) is 55.3 Å². The van der Waals surface area contributed by atoms with Gasteiger partial charge in [-0.2, -0.15) is 5.10 Å². The van der Waals surface area contributed by atoms with Crippen LogP contribution in [-0.4, -0.2) is 43.2 Å². The van der Waals surface area contributed by atoms with E-state index in [0.29, 0.717) is 0 Å². The molecule has 5 heteroatoms. The molecule has 5 nitrogen and oxygen atoms in total. The highest BCUT2D eigenvalue weighted by Gasteiger charge is 2.52. The average Bonchev–Trinajstić information content (AvgIpc) is 3.23. The number of nitrogens with one attached hydrogen (secondary N) is 1. The minimum Gasteiger partial charge on any atom is -0.497 e. The fourth-order valence-corrected chi connectivity index (χ4v) is 5.29. The maximum atomic E-state index is 6.76. The predicted molar refractivity (Wildman–Crippen MR) is 118 cm³/mol. The molecule has 0 aromatic heterocycles. The zero-order chi connectivity index (χ0) is 20.7. The molecule has 30 heavy (non-hydrogen) atoms. The number of hydrogen-bond donors (Lipinski definition) is 1. The number of fused-ring (bicyclic) bond motifs is 4. The number of quaternary nitrogens is 1. The Hall–Kier alpha value is -2.53. The Bertz CT molecular complexity index is 945. The van der Waals surface area contributed by atoms with Gasteiger partial charge in [0, 0.05) is 12.0 Å². The molecule has 0 unspecified atom stereocenters. The second-order valence-electron chi connectivity index (χ2n) is 8.93. The summed E-state index contributed by atoms with van der Waals surface area (Å²) in [6.45, 7) is 7.96. The Morgan fingerprint density at radius 3 is 2.63 bits per heavy atom. The van der Waals surface area contributed by atoms with Crippen molar-refractivity contribution in [3.63, 3.8) is 0 Å². The van der Waals surface area contributed by atoms with Gasteiger partial charge in [-0.05, 0) is 49.2 Å². The van der Waals surface area contributed by atoms with Gasteiger partial charge in [-0.1, -0.05) is 24.6 Å². The lowest BCUT2D eigenvalue weighted by Gasteiger charge is -2.50. The molecule has 1 spiro atoms. The molecule has 1 N–H and O–H groups in total. The first kappa shape index (κ1) is 19.4. The Kier molecular flexibility index (Phi) is 4.94. The summed E-state index contributed by atoms with van der Waals surface area (Å²) in [5, 5.41) is 7.50. The van der Waals surface area contributed by atoms with Crippen LogP contribution in [0.3, 0.4) is 0 Å². The van der Waals surface area contributed by atoms with E-state index in [9.17, 15) is 0 Å². The van der Waals surface area contributed by atoms with E-state index in [0.717, 1.165) is 49.6 Å². The third-order valence-electron chi connectivity index (χ3n) is 6.92. The molecule has 0 aliphatic carbocycles. The topological polar surface area (TPSA) is 38.5 Å². The van der Waals surface area contributed by atoms with Gasteiger partial charge < -0.3 is 14.4 Å². The minimum absolute atomic E-state index is 0.249. The zero-order valence-corrected chi connectivity index (χ0v) is 18.3. The molecule has 158 valence electrons. The van der Waals surface area contributed by atoms with Crippen molar-refractivity contribution in [2.75, 3.05) is 26.7 Å². The summed E-state index contributed by atoms with van der Waals surface area (Å²) in [5.74, 6) is 1.93. The summed E-state index contributed by atoms with van der Waals surface area (Å²) in [6.07, 6.45) is 4.19. The molecule has 5 rings (SSSR count). The molecule has 2 aromatic carbocycles. The van der Waals surface area contributed by atoms with Crippen LogP contribution in [0.2, 0.25) is 0 Å². The van der Waals surface area contributed by atoms with Crippen LogP contribution in [0, 0.1) is 6.92 Å². The van der Waals surface area contributed by atoms with Gasteiger partial charge >= 0.3 is 0 Å². The summed E-state index contributed by atoms with van der Waals surface area (Å²) in [4.78, 5) is 1.69. The molecule has 3 aliphatic heterocycles. The molecule has 0 amide bonds. The second kappa shape index (κ2) is 7.62. The van der Waals surface area contributed by atoms with Crippen molar-refractivity contribution in [3.8, 4) is 11.5 Å². The third-order valence-corrected chi connectivity index (χ3v) is 6.92. The van der Waals surface area contributed by atoms with E-state index in [2.05, 4.69) is 49.2 Å². The second-order valence-corrected chi connectivity index (χ2v) is 8.93. The van der Waals surface area contributed by atoms with Crippen molar-refractivity contribution >= 4 is 5.71 Å². The number of hydrazone groups is 1. The van der Waals surface area contributed by atoms with Crippen molar-refractivity contribution in [1.82, 2.24) is 5.01 Å². The lowest BCUT2D eigenvalue weighted by atomic mass is 9.90. The fraction of sp³-hybridized carbons (Fsp3) is 0.480. The monoisotopic (exact) mass is 406 g/mol. The molecule has 1 saturated heterocycles. The molecule has 3 aliphatic rings.